The molecule has 2 amide bonds. The van der Waals surface area contributed by atoms with E-state index >= 15 is 0 Å². The van der Waals surface area contributed by atoms with Gasteiger partial charge < -0.3 is 9.73 Å². The molecule has 2 aromatic heterocycles. The van der Waals surface area contributed by atoms with Gasteiger partial charge in [-0.15, -0.1) is 0 Å². The van der Waals surface area contributed by atoms with Crippen LogP contribution in [0.1, 0.15) is 24.8 Å². The van der Waals surface area contributed by atoms with Gasteiger partial charge >= 0.3 is 6.03 Å². The maximum absolute atomic E-state index is 12.5. The van der Waals surface area contributed by atoms with Crippen molar-refractivity contribution in [2.45, 2.75) is 31.8 Å². The second-order valence-corrected chi connectivity index (χ2v) is 7.29. The second-order valence-electron chi connectivity index (χ2n) is 7.29. The molecule has 1 fully saturated rings. The summed E-state index contributed by atoms with van der Waals surface area (Å²) in [5, 5.41) is 5.93. The first-order valence-electron chi connectivity index (χ1n) is 9.96. The van der Waals surface area contributed by atoms with E-state index in [4.69, 9.17) is 4.42 Å². The minimum Gasteiger partial charge on any atom is -0.472 e. The predicted molar refractivity (Wildman–Crippen MR) is 111 cm³/mol. The summed E-state index contributed by atoms with van der Waals surface area (Å²) in [6, 6.07) is 13.8. The van der Waals surface area contributed by atoms with E-state index in [1.165, 1.54) is 5.56 Å². The smallest absolute Gasteiger partial charge is 0.320 e. The quantitative estimate of drug-likeness (QED) is 0.689. The fraction of sp³-hybridized carbons (Fsp3) is 0.318. The van der Waals surface area contributed by atoms with E-state index in [-0.39, 0.29) is 12.1 Å². The zero-order valence-electron chi connectivity index (χ0n) is 16.3. The van der Waals surface area contributed by atoms with Crippen LogP contribution in [0, 0.1) is 0 Å². The molecule has 1 aliphatic rings. The van der Waals surface area contributed by atoms with Crippen LogP contribution in [0.25, 0.3) is 11.4 Å². The van der Waals surface area contributed by atoms with Gasteiger partial charge in [-0.2, -0.15) is 0 Å². The van der Waals surface area contributed by atoms with E-state index in [0.717, 1.165) is 44.5 Å². The third-order valence-corrected chi connectivity index (χ3v) is 5.02. The number of rotatable bonds is 5. The molecule has 1 aliphatic heterocycles. The monoisotopic (exact) mass is 391 g/mol. The number of carbonyl (C=O) groups is 1. The molecule has 7 heteroatoms. The van der Waals surface area contributed by atoms with Gasteiger partial charge in [0.05, 0.1) is 11.8 Å². The molecule has 0 saturated carbocycles. The Morgan fingerprint density at radius 3 is 2.90 bits per heavy atom. The summed E-state index contributed by atoms with van der Waals surface area (Å²) in [5.74, 6) is 0.975. The van der Waals surface area contributed by atoms with Crippen LogP contribution in [-0.2, 0) is 6.54 Å². The molecule has 3 aromatic rings. The SMILES string of the molecule is O=C(Nc1ccnc(-c2ccoc2)n1)NC1CCCCN(Cc2ccccc2)C1. The van der Waals surface area contributed by atoms with Crippen molar-refractivity contribution < 1.29 is 9.21 Å². The molecule has 2 N–H and O–H groups in total. The third kappa shape index (κ3) is 5.42. The zero-order chi connectivity index (χ0) is 19.9. The van der Waals surface area contributed by atoms with Crippen LogP contribution in [0.4, 0.5) is 10.6 Å². The molecule has 1 aromatic carbocycles. The molecule has 1 unspecified atom stereocenters. The number of nitrogens with zero attached hydrogens (tertiary/aromatic N) is 3. The van der Waals surface area contributed by atoms with E-state index in [9.17, 15) is 4.79 Å². The van der Waals surface area contributed by atoms with Gasteiger partial charge in [0.15, 0.2) is 5.82 Å². The highest BCUT2D eigenvalue weighted by molar-refractivity contribution is 5.88. The zero-order valence-corrected chi connectivity index (χ0v) is 16.3. The number of nitrogens with one attached hydrogen (secondary N) is 2. The summed E-state index contributed by atoms with van der Waals surface area (Å²) in [7, 11) is 0. The average molecular weight is 391 g/mol. The van der Waals surface area contributed by atoms with Crippen molar-refractivity contribution in [2.24, 2.45) is 0 Å². The lowest BCUT2D eigenvalue weighted by Gasteiger charge is -2.25. The van der Waals surface area contributed by atoms with Crippen LogP contribution in [0.15, 0.2) is 65.6 Å². The van der Waals surface area contributed by atoms with Gasteiger partial charge in [-0.25, -0.2) is 14.8 Å². The Balaban J connectivity index is 1.34. The summed E-state index contributed by atoms with van der Waals surface area (Å²) in [6.45, 7) is 2.79. The summed E-state index contributed by atoms with van der Waals surface area (Å²) in [5.41, 5.74) is 2.07. The first-order valence-corrected chi connectivity index (χ1v) is 9.96. The van der Waals surface area contributed by atoms with Gasteiger partial charge in [0.1, 0.15) is 12.1 Å². The van der Waals surface area contributed by atoms with Crippen LogP contribution in [0.3, 0.4) is 0 Å². The van der Waals surface area contributed by atoms with Gasteiger partial charge in [-0.05, 0) is 37.1 Å². The fourth-order valence-electron chi connectivity index (χ4n) is 3.62. The number of hydrogen-bond acceptors (Lipinski definition) is 5. The van der Waals surface area contributed by atoms with E-state index in [1.807, 2.05) is 6.07 Å². The van der Waals surface area contributed by atoms with E-state index in [1.54, 1.807) is 30.9 Å². The lowest BCUT2D eigenvalue weighted by atomic mass is 10.1. The number of amides is 2. The van der Waals surface area contributed by atoms with Crippen molar-refractivity contribution in [3.8, 4) is 11.4 Å². The molecule has 0 bridgehead atoms. The number of hydrogen-bond donors (Lipinski definition) is 2. The van der Waals surface area contributed by atoms with Gasteiger partial charge in [0, 0.05) is 25.3 Å². The van der Waals surface area contributed by atoms with Gasteiger partial charge in [0.25, 0.3) is 0 Å². The molecule has 3 heterocycles. The number of furan rings is 1. The van der Waals surface area contributed by atoms with Crippen LogP contribution < -0.4 is 10.6 Å². The van der Waals surface area contributed by atoms with Crippen molar-refractivity contribution in [1.82, 2.24) is 20.2 Å². The van der Waals surface area contributed by atoms with E-state index in [2.05, 4.69) is 49.8 Å². The van der Waals surface area contributed by atoms with E-state index < -0.39 is 0 Å². The minimum absolute atomic E-state index is 0.108. The first kappa shape index (κ1) is 19.1. The Bertz CT molecular complexity index is 914. The number of urea groups is 1. The number of anilines is 1. The van der Waals surface area contributed by atoms with Crippen LogP contribution in [-0.4, -0.2) is 40.0 Å². The molecule has 0 aliphatic carbocycles. The van der Waals surface area contributed by atoms with Gasteiger partial charge in [0.2, 0.25) is 0 Å². The van der Waals surface area contributed by atoms with Crippen LogP contribution in [0.5, 0.6) is 0 Å². The topological polar surface area (TPSA) is 83.3 Å². The summed E-state index contributed by atoms with van der Waals surface area (Å²) < 4.78 is 5.07. The standard InChI is InChI=1S/C22H25N5O2/c28-22(26-20-9-11-23-21(25-20)18-10-13-29-16-18)24-19-8-4-5-12-27(15-19)14-17-6-2-1-3-7-17/h1-3,6-7,9-11,13,16,19H,4-5,8,12,14-15H2,(H2,23,24,25,26,28). The summed E-state index contributed by atoms with van der Waals surface area (Å²) >= 11 is 0. The van der Waals surface area contributed by atoms with E-state index in [0.29, 0.717) is 11.6 Å². The van der Waals surface area contributed by atoms with Crippen molar-refractivity contribution in [3.63, 3.8) is 0 Å². The minimum atomic E-state index is -0.242. The van der Waals surface area contributed by atoms with Gasteiger partial charge in [-0.1, -0.05) is 36.8 Å². The molecular formula is C22H25N5O2. The summed E-state index contributed by atoms with van der Waals surface area (Å²) in [6.07, 6.45) is 7.99. The Hall–Kier alpha value is -3.19. The van der Waals surface area contributed by atoms with Crippen LogP contribution >= 0.6 is 0 Å². The highest BCUT2D eigenvalue weighted by Gasteiger charge is 2.20. The maximum Gasteiger partial charge on any atom is 0.320 e. The first-order chi connectivity index (χ1) is 14.3. The molecule has 0 spiro atoms. The normalized spacial score (nSPS) is 17.4. The van der Waals surface area contributed by atoms with Crippen LogP contribution in [0.2, 0.25) is 0 Å². The Labute approximate surface area is 170 Å². The molecular weight excluding hydrogens is 366 g/mol. The lowest BCUT2D eigenvalue weighted by molar-refractivity contribution is 0.232. The molecule has 1 atom stereocenters. The largest absolute Gasteiger partial charge is 0.472 e. The fourth-order valence-corrected chi connectivity index (χ4v) is 3.62. The molecule has 29 heavy (non-hydrogen) atoms. The molecule has 1 saturated heterocycles. The molecule has 7 nitrogen and oxygen atoms in total. The summed E-state index contributed by atoms with van der Waals surface area (Å²) in [4.78, 5) is 23.5. The number of benzene rings is 1. The molecule has 0 radical (unpaired) electrons. The van der Waals surface area contributed by atoms with Crippen molar-refractivity contribution in [3.05, 3.63) is 66.8 Å². The predicted octanol–water partition coefficient (Wildman–Crippen LogP) is 3.91. The number of aromatic nitrogens is 2. The Kier molecular flexibility index (Phi) is 6.16. The Morgan fingerprint density at radius 2 is 2.07 bits per heavy atom. The third-order valence-electron chi connectivity index (χ3n) is 5.02. The highest BCUT2D eigenvalue weighted by Crippen LogP contribution is 2.17. The van der Waals surface area contributed by atoms with Crippen molar-refractivity contribution >= 4 is 11.8 Å². The van der Waals surface area contributed by atoms with Crippen molar-refractivity contribution in [1.29, 1.82) is 0 Å². The Morgan fingerprint density at radius 1 is 1.17 bits per heavy atom. The maximum atomic E-state index is 12.5. The van der Waals surface area contributed by atoms with Crippen molar-refractivity contribution in [2.75, 3.05) is 18.4 Å². The highest BCUT2D eigenvalue weighted by atomic mass is 16.3. The number of likely N-dealkylation sites (tertiary alicyclic amines) is 1. The van der Waals surface area contributed by atoms with Gasteiger partial charge in [-0.3, -0.25) is 10.2 Å². The number of carbonyl (C=O) groups excluding carboxylic acids is 1. The molecule has 4 rings (SSSR count). The average Bonchev–Trinajstić information content (AvgIpc) is 3.18. The molecule has 150 valence electrons. The lowest BCUT2D eigenvalue weighted by Crippen LogP contribution is -2.44. The second kappa shape index (κ2) is 9.34.